The van der Waals surface area contributed by atoms with Gasteiger partial charge in [-0.15, -0.1) is 0 Å². The van der Waals surface area contributed by atoms with Crippen LogP contribution in [0.3, 0.4) is 0 Å². The second-order valence-electron chi connectivity index (χ2n) is 8.17. The number of aliphatic hydroxyl groups is 1. The number of imidazole rings is 1. The fourth-order valence-electron chi connectivity index (χ4n) is 4.67. The lowest BCUT2D eigenvalue weighted by molar-refractivity contribution is 0.130. The monoisotopic (exact) mass is 386 g/mol. The Morgan fingerprint density at radius 3 is 2.76 bits per heavy atom. The number of hydrogen-bond donors (Lipinski definition) is 3. The van der Waals surface area contributed by atoms with Crippen LogP contribution in [-0.2, 0) is 0 Å². The topological polar surface area (TPSA) is 73.8 Å². The molecule has 2 aromatic carbocycles. The number of pyridine rings is 1. The number of aliphatic hydroxyl groups excluding tert-OH is 1. The number of aromatic nitrogens is 3. The van der Waals surface area contributed by atoms with E-state index in [-0.39, 0.29) is 12.1 Å². The molecule has 2 heterocycles. The van der Waals surface area contributed by atoms with Gasteiger partial charge in [0.1, 0.15) is 11.3 Å². The summed E-state index contributed by atoms with van der Waals surface area (Å²) >= 11 is 0. The molecule has 1 saturated carbocycles. The van der Waals surface area contributed by atoms with Gasteiger partial charge in [0.15, 0.2) is 5.65 Å². The van der Waals surface area contributed by atoms with Crippen LogP contribution in [0.2, 0.25) is 0 Å². The fraction of sp³-hybridized carbons (Fsp3) is 0.333. The molecule has 5 nitrogen and oxygen atoms in total. The third-order valence-electron chi connectivity index (χ3n) is 6.18. The average molecular weight is 386 g/mol. The molecule has 5 heteroatoms. The molecule has 3 N–H and O–H groups in total. The van der Waals surface area contributed by atoms with Gasteiger partial charge in [0, 0.05) is 17.3 Å². The van der Waals surface area contributed by atoms with E-state index in [1.807, 2.05) is 6.92 Å². The SMILES string of the molecule is CC[C@@H]1C[C@@H](Nc2cc(C)nc3nc(-c4cccc5ccccc45)[nH]c23)C[C@@H]1O. The minimum Gasteiger partial charge on any atom is -0.393 e. The molecule has 0 unspecified atom stereocenters. The summed E-state index contributed by atoms with van der Waals surface area (Å²) in [4.78, 5) is 13.0. The first kappa shape index (κ1) is 18.1. The third kappa shape index (κ3) is 3.25. The maximum Gasteiger partial charge on any atom is 0.180 e. The summed E-state index contributed by atoms with van der Waals surface area (Å²) < 4.78 is 0. The Morgan fingerprint density at radius 1 is 1.10 bits per heavy atom. The van der Waals surface area contributed by atoms with E-state index in [0.29, 0.717) is 5.92 Å². The van der Waals surface area contributed by atoms with Crippen LogP contribution < -0.4 is 5.32 Å². The lowest BCUT2D eigenvalue weighted by Crippen LogP contribution is -2.17. The number of rotatable bonds is 4. The summed E-state index contributed by atoms with van der Waals surface area (Å²) in [6.07, 6.45) is 2.57. The molecule has 29 heavy (non-hydrogen) atoms. The normalized spacial score (nSPS) is 21.8. The molecule has 0 aliphatic heterocycles. The van der Waals surface area contributed by atoms with Gasteiger partial charge in [-0.2, -0.15) is 0 Å². The molecule has 0 saturated heterocycles. The highest BCUT2D eigenvalue weighted by atomic mass is 16.3. The van der Waals surface area contributed by atoms with Gasteiger partial charge in [-0.1, -0.05) is 55.8 Å². The highest BCUT2D eigenvalue weighted by molar-refractivity contribution is 5.97. The molecule has 0 spiro atoms. The lowest BCUT2D eigenvalue weighted by Gasteiger charge is -2.15. The molecule has 1 aliphatic rings. The van der Waals surface area contributed by atoms with Crippen LogP contribution in [0.15, 0.2) is 48.5 Å². The van der Waals surface area contributed by atoms with Gasteiger partial charge >= 0.3 is 0 Å². The van der Waals surface area contributed by atoms with E-state index in [2.05, 4.69) is 70.7 Å². The van der Waals surface area contributed by atoms with Crippen LogP contribution in [0.25, 0.3) is 33.3 Å². The van der Waals surface area contributed by atoms with E-state index in [1.54, 1.807) is 0 Å². The maximum absolute atomic E-state index is 10.3. The Bertz CT molecular complexity index is 1180. The predicted octanol–water partition coefficient (Wildman–Crippen LogP) is 5.05. The molecule has 0 radical (unpaired) electrons. The van der Waals surface area contributed by atoms with Crippen LogP contribution in [0.5, 0.6) is 0 Å². The maximum atomic E-state index is 10.3. The van der Waals surface area contributed by atoms with Gasteiger partial charge in [-0.25, -0.2) is 9.97 Å². The molecule has 1 aliphatic carbocycles. The lowest BCUT2D eigenvalue weighted by atomic mass is 10.0. The molecule has 0 amide bonds. The van der Waals surface area contributed by atoms with Crippen molar-refractivity contribution in [1.82, 2.24) is 15.0 Å². The first-order valence-corrected chi connectivity index (χ1v) is 10.4. The molecule has 0 bridgehead atoms. The average Bonchev–Trinajstić information content (AvgIpc) is 3.30. The summed E-state index contributed by atoms with van der Waals surface area (Å²) in [6.45, 7) is 4.14. The Hall–Kier alpha value is -2.92. The molecular formula is C24H26N4O. The number of aromatic amines is 1. The van der Waals surface area contributed by atoms with E-state index in [9.17, 15) is 5.11 Å². The van der Waals surface area contributed by atoms with Gasteiger partial charge in [-0.3, -0.25) is 0 Å². The smallest absolute Gasteiger partial charge is 0.180 e. The number of aryl methyl sites for hydroxylation is 1. The van der Waals surface area contributed by atoms with Crippen molar-refractivity contribution in [2.45, 2.75) is 45.3 Å². The summed E-state index contributed by atoms with van der Waals surface area (Å²) in [5.41, 5.74) is 4.67. The van der Waals surface area contributed by atoms with Gasteiger partial charge < -0.3 is 15.4 Å². The molecule has 1 fully saturated rings. The van der Waals surface area contributed by atoms with E-state index >= 15 is 0 Å². The minimum absolute atomic E-state index is 0.219. The molecule has 148 valence electrons. The van der Waals surface area contributed by atoms with Crippen LogP contribution in [0.4, 0.5) is 5.69 Å². The van der Waals surface area contributed by atoms with Crippen LogP contribution >= 0.6 is 0 Å². The Morgan fingerprint density at radius 2 is 1.93 bits per heavy atom. The van der Waals surface area contributed by atoms with Gasteiger partial charge in [0.2, 0.25) is 0 Å². The van der Waals surface area contributed by atoms with Gasteiger partial charge in [0.05, 0.1) is 11.8 Å². The van der Waals surface area contributed by atoms with Crippen LogP contribution in [0.1, 0.15) is 31.9 Å². The quantitative estimate of drug-likeness (QED) is 0.459. The van der Waals surface area contributed by atoms with Crippen LogP contribution in [-0.4, -0.2) is 32.2 Å². The summed E-state index contributed by atoms with van der Waals surface area (Å²) in [6, 6.07) is 17.0. The number of H-pyrrole nitrogens is 1. The van der Waals surface area contributed by atoms with E-state index in [4.69, 9.17) is 4.98 Å². The van der Waals surface area contributed by atoms with Gasteiger partial charge in [-0.05, 0) is 42.5 Å². The zero-order chi connectivity index (χ0) is 20.0. The minimum atomic E-state index is -0.219. The zero-order valence-corrected chi connectivity index (χ0v) is 16.8. The largest absolute Gasteiger partial charge is 0.393 e. The molecule has 4 aromatic rings. The first-order chi connectivity index (χ1) is 14.1. The fourth-order valence-corrected chi connectivity index (χ4v) is 4.67. The summed E-state index contributed by atoms with van der Waals surface area (Å²) in [7, 11) is 0. The summed E-state index contributed by atoms with van der Waals surface area (Å²) in [5, 5.41) is 16.3. The highest BCUT2D eigenvalue weighted by Gasteiger charge is 2.32. The number of nitrogens with one attached hydrogen (secondary N) is 2. The van der Waals surface area contributed by atoms with E-state index < -0.39 is 0 Å². The second-order valence-corrected chi connectivity index (χ2v) is 8.17. The molecular weight excluding hydrogens is 360 g/mol. The number of anilines is 1. The van der Waals surface area contributed by atoms with Crippen molar-refractivity contribution in [2.24, 2.45) is 5.92 Å². The van der Waals surface area contributed by atoms with Gasteiger partial charge in [0.25, 0.3) is 0 Å². The van der Waals surface area contributed by atoms with Crippen molar-refractivity contribution in [2.75, 3.05) is 5.32 Å². The standard InChI is InChI=1S/C24H26N4O/c1-3-15-12-17(13-21(15)29)26-20-11-14(2)25-24-22(20)27-23(28-24)19-10-6-8-16-7-4-5-9-18(16)19/h4-11,15,17,21,29H,3,12-13H2,1-2H3,(H2,25,26,27,28)/t15-,17-,21+/m1/s1. The zero-order valence-electron chi connectivity index (χ0n) is 16.8. The van der Waals surface area contributed by atoms with E-state index in [1.165, 1.54) is 10.8 Å². The highest BCUT2D eigenvalue weighted by Crippen LogP contribution is 2.34. The van der Waals surface area contributed by atoms with Crippen molar-refractivity contribution >= 4 is 27.6 Å². The van der Waals surface area contributed by atoms with E-state index in [0.717, 1.165) is 53.2 Å². The Kier molecular flexibility index (Phi) is 4.47. The first-order valence-electron chi connectivity index (χ1n) is 10.4. The third-order valence-corrected chi connectivity index (χ3v) is 6.18. The molecule has 3 atom stereocenters. The van der Waals surface area contributed by atoms with Crippen molar-refractivity contribution in [3.8, 4) is 11.4 Å². The number of nitrogens with zero attached hydrogens (tertiary/aromatic N) is 2. The predicted molar refractivity (Wildman–Crippen MR) is 118 cm³/mol. The number of hydrogen-bond acceptors (Lipinski definition) is 4. The summed E-state index contributed by atoms with van der Waals surface area (Å²) in [5.74, 6) is 1.20. The molecule has 5 rings (SSSR count). The number of fused-ring (bicyclic) bond motifs is 2. The van der Waals surface area contributed by atoms with Crippen molar-refractivity contribution in [3.05, 3.63) is 54.2 Å². The van der Waals surface area contributed by atoms with Crippen molar-refractivity contribution in [3.63, 3.8) is 0 Å². The van der Waals surface area contributed by atoms with Crippen molar-refractivity contribution in [1.29, 1.82) is 0 Å². The number of benzene rings is 2. The Balaban J connectivity index is 1.56. The second kappa shape index (κ2) is 7.16. The van der Waals surface area contributed by atoms with Crippen LogP contribution in [0, 0.1) is 12.8 Å². The Labute approximate surface area is 170 Å². The van der Waals surface area contributed by atoms with Crippen molar-refractivity contribution < 1.29 is 5.11 Å². The molecule has 2 aromatic heterocycles.